The number of aliphatic imine (C=N–C) groups is 1. The van der Waals surface area contributed by atoms with Gasteiger partial charge in [0.2, 0.25) is 0 Å². The van der Waals surface area contributed by atoms with Gasteiger partial charge in [0.05, 0.1) is 11.0 Å². The van der Waals surface area contributed by atoms with E-state index in [1.54, 1.807) is 0 Å². The lowest BCUT2D eigenvalue weighted by molar-refractivity contribution is 0.648. The smallest absolute Gasteiger partial charge is 0.191 e. The number of nitrogens with zero attached hydrogens (tertiary/aromatic N) is 3. The number of para-hydroxylation sites is 2. The van der Waals surface area contributed by atoms with E-state index in [1.165, 1.54) is 24.8 Å². The van der Waals surface area contributed by atoms with Crippen molar-refractivity contribution in [1.82, 2.24) is 20.2 Å². The van der Waals surface area contributed by atoms with Gasteiger partial charge in [-0.1, -0.05) is 31.9 Å². The van der Waals surface area contributed by atoms with Crippen LogP contribution in [0.3, 0.4) is 0 Å². The van der Waals surface area contributed by atoms with Crippen LogP contribution in [0.25, 0.3) is 11.0 Å². The largest absolute Gasteiger partial charge is 0.356 e. The van der Waals surface area contributed by atoms with Gasteiger partial charge < -0.3 is 15.2 Å². The van der Waals surface area contributed by atoms with Gasteiger partial charge in [0.25, 0.3) is 0 Å². The Labute approximate surface area is 156 Å². The number of benzene rings is 1. The molecule has 6 heteroatoms. The highest BCUT2D eigenvalue weighted by atomic mass is 127. The fourth-order valence-corrected chi connectivity index (χ4v) is 2.57. The molecule has 128 valence electrons. The van der Waals surface area contributed by atoms with Gasteiger partial charge in [-0.25, -0.2) is 4.98 Å². The van der Waals surface area contributed by atoms with E-state index >= 15 is 0 Å². The zero-order valence-electron chi connectivity index (χ0n) is 14.3. The number of aromatic nitrogens is 2. The molecule has 0 spiro atoms. The van der Waals surface area contributed by atoms with Gasteiger partial charge in [-0.15, -0.1) is 24.0 Å². The Morgan fingerprint density at radius 1 is 1.17 bits per heavy atom. The number of fused-ring (bicyclic) bond motifs is 1. The maximum Gasteiger partial charge on any atom is 0.191 e. The SMILES string of the molecule is CCCCCNC(=NC)NCCn1c(C)nc2ccccc21.I. The van der Waals surface area contributed by atoms with Crippen LogP contribution in [0.4, 0.5) is 0 Å². The summed E-state index contributed by atoms with van der Waals surface area (Å²) in [6, 6.07) is 8.26. The standard InChI is InChI=1S/C17H27N5.HI/c1-4-5-8-11-19-17(18-3)20-12-13-22-14(2)21-15-9-6-7-10-16(15)22;/h6-7,9-10H,4-5,8,11-13H2,1-3H3,(H2,18,19,20);1H. The van der Waals surface area contributed by atoms with E-state index < -0.39 is 0 Å². The minimum Gasteiger partial charge on any atom is -0.356 e. The van der Waals surface area contributed by atoms with E-state index in [1.807, 2.05) is 13.1 Å². The van der Waals surface area contributed by atoms with E-state index in [4.69, 9.17) is 0 Å². The van der Waals surface area contributed by atoms with E-state index in [-0.39, 0.29) is 24.0 Å². The molecule has 0 fully saturated rings. The Balaban J connectivity index is 0.00000264. The highest BCUT2D eigenvalue weighted by Crippen LogP contribution is 2.14. The van der Waals surface area contributed by atoms with E-state index in [0.29, 0.717) is 0 Å². The van der Waals surface area contributed by atoms with E-state index in [9.17, 15) is 0 Å². The minimum absolute atomic E-state index is 0. The maximum absolute atomic E-state index is 4.59. The van der Waals surface area contributed by atoms with Gasteiger partial charge >= 0.3 is 0 Å². The molecule has 23 heavy (non-hydrogen) atoms. The van der Waals surface area contributed by atoms with Crippen LogP contribution in [-0.4, -0.2) is 35.6 Å². The van der Waals surface area contributed by atoms with Gasteiger partial charge in [0.1, 0.15) is 5.82 Å². The number of nitrogens with one attached hydrogen (secondary N) is 2. The van der Waals surface area contributed by atoms with Crippen molar-refractivity contribution in [3.63, 3.8) is 0 Å². The topological polar surface area (TPSA) is 54.2 Å². The lowest BCUT2D eigenvalue weighted by Gasteiger charge is -2.13. The molecule has 0 atom stereocenters. The molecule has 1 aromatic carbocycles. The summed E-state index contributed by atoms with van der Waals surface area (Å²) in [5.74, 6) is 1.92. The molecule has 1 heterocycles. The summed E-state index contributed by atoms with van der Waals surface area (Å²) < 4.78 is 2.24. The summed E-state index contributed by atoms with van der Waals surface area (Å²) in [6.45, 7) is 6.94. The Bertz CT molecular complexity index is 620. The molecule has 0 unspecified atom stereocenters. The van der Waals surface area contributed by atoms with Crippen molar-refractivity contribution in [2.24, 2.45) is 4.99 Å². The van der Waals surface area contributed by atoms with Crippen LogP contribution in [0, 0.1) is 6.92 Å². The van der Waals surface area contributed by atoms with Crippen LogP contribution < -0.4 is 10.6 Å². The molecule has 0 amide bonds. The van der Waals surface area contributed by atoms with Crippen molar-refractivity contribution in [3.05, 3.63) is 30.1 Å². The van der Waals surface area contributed by atoms with Crippen LogP contribution in [0.1, 0.15) is 32.0 Å². The molecule has 0 radical (unpaired) electrons. The van der Waals surface area contributed by atoms with Crippen molar-refractivity contribution in [2.75, 3.05) is 20.1 Å². The fraction of sp³-hybridized carbons (Fsp3) is 0.529. The summed E-state index contributed by atoms with van der Waals surface area (Å²) in [4.78, 5) is 8.85. The summed E-state index contributed by atoms with van der Waals surface area (Å²) >= 11 is 0. The third-order valence-electron chi connectivity index (χ3n) is 3.77. The number of hydrogen-bond acceptors (Lipinski definition) is 2. The molecule has 2 rings (SSSR count). The first-order valence-electron chi connectivity index (χ1n) is 8.12. The molecule has 2 aromatic rings. The lowest BCUT2D eigenvalue weighted by Crippen LogP contribution is -2.39. The summed E-state index contributed by atoms with van der Waals surface area (Å²) in [5, 5.41) is 6.72. The third kappa shape index (κ3) is 5.67. The normalized spacial score (nSPS) is 11.3. The summed E-state index contributed by atoms with van der Waals surface area (Å²) in [6.07, 6.45) is 3.67. The Morgan fingerprint density at radius 2 is 1.91 bits per heavy atom. The number of hydrogen-bond donors (Lipinski definition) is 2. The number of aryl methyl sites for hydroxylation is 1. The van der Waals surface area contributed by atoms with Crippen LogP contribution in [0.2, 0.25) is 0 Å². The van der Waals surface area contributed by atoms with Gasteiger partial charge in [-0.3, -0.25) is 4.99 Å². The molecule has 5 nitrogen and oxygen atoms in total. The number of imidazole rings is 1. The van der Waals surface area contributed by atoms with Crippen molar-refractivity contribution < 1.29 is 0 Å². The first kappa shape index (κ1) is 19.7. The first-order valence-corrected chi connectivity index (χ1v) is 8.12. The highest BCUT2D eigenvalue weighted by Gasteiger charge is 2.06. The molecule has 0 aliphatic carbocycles. The Hall–Kier alpha value is -1.31. The van der Waals surface area contributed by atoms with Crippen molar-refractivity contribution in [3.8, 4) is 0 Å². The van der Waals surface area contributed by atoms with Crippen molar-refractivity contribution in [1.29, 1.82) is 0 Å². The van der Waals surface area contributed by atoms with Crippen LogP contribution >= 0.6 is 24.0 Å². The monoisotopic (exact) mass is 429 g/mol. The zero-order chi connectivity index (χ0) is 15.8. The van der Waals surface area contributed by atoms with Gasteiger partial charge in [-0.05, 0) is 25.5 Å². The number of guanidine groups is 1. The van der Waals surface area contributed by atoms with Crippen LogP contribution in [-0.2, 0) is 6.54 Å². The third-order valence-corrected chi connectivity index (χ3v) is 3.77. The van der Waals surface area contributed by atoms with Crippen molar-refractivity contribution >= 4 is 41.0 Å². The lowest BCUT2D eigenvalue weighted by atomic mass is 10.2. The maximum atomic E-state index is 4.59. The minimum atomic E-state index is 0. The molecular formula is C17H28IN5. The number of halogens is 1. The summed E-state index contributed by atoms with van der Waals surface area (Å²) in [5.41, 5.74) is 2.25. The molecule has 0 aliphatic rings. The van der Waals surface area contributed by atoms with Crippen molar-refractivity contribution in [2.45, 2.75) is 39.7 Å². The Morgan fingerprint density at radius 3 is 2.65 bits per heavy atom. The molecule has 0 bridgehead atoms. The summed E-state index contributed by atoms with van der Waals surface area (Å²) in [7, 11) is 1.81. The van der Waals surface area contributed by atoms with Gasteiger partial charge in [0, 0.05) is 26.7 Å². The molecule has 0 saturated heterocycles. The molecule has 0 saturated carbocycles. The quantitative estimate of drug-likeness (QED) is 0.307. The Kier molecular flexibility index (Phi) is 8.98. The predicted molar refractivity (Wildman–Crippen MR) is 109 cm³/mol. The second-order valence-electron chi connectivity index (χ2n) is 5.43. The zero-order valence-corrected chi connectivity index (χ0v) is 16.6. The fourth-order valence-electron chi connectivity index (χ4n) is 2.57. The molecule has 2 N–H and O–H groups in total. The van der Waals surface area contributed by atoms with Gasteiger partial charge in [0.15, 0.2) is 5.96 Å². The first-order chi connectivity index (χ1) is 10.8. The molecular weight excluding hydrogens is 401 g/mol. The highest BCUT2D eigenvalue weighted by molar-refractivity contribution is 14.0. The second-order valence-corrected chi connectivity index (χ2v) is 5.43. The van der Waals surface area contributed by atoms with Gasteiger partial charge in [-0.2, -0.15) is 0 Å². The van der Waals surface area contributed by atoms with Crippen LogP contribution in [0.5, 0.6) is 0 Å². The van der Waals surface area contributed by atoms with E-state index in [2.05, 4.69) is 57.2 Å². The predicted octanol–water partition coefficient (Wildman–Crippen LogP) is 3.32. The molecule has 1 aromatic heterocycles. The average Bonchev–Trinajstić information content (AvgIpc) is 2.85. The average molecular weight is 429 g/mol. The van der Waals surface area contributed by atoms with E-state index in [0.717, 1.165) is 36.9 Å². The second kappa shape index (κ2) is 10.5. The molecule has 0 aliphatic heterocycles. The number of rotatable bonds is 7. The number of unbranched alkanes of at least 4 members (excludes halogenated alkanes) is 2. The van der Waals surface area contributed by atoms with Crippen LogP contribution in [0.15, 0.2) is 29.3 Å².